The summed E-state index contributed by atoms with van der Waals surface area (Å²) in [7, 11) is 5.48. The molecule has 0 spiro atoms. The van der Waals surface area contributed by atoms with Gasteiger partial charge in [-0.05, 0) is 51.4 Å². The van der Waals surface area contributed by atoms with Gasteiger partial charge in [0.1, 0.15) is 6.61 Å². The molecule has 0 fully saturated rings. The molecule has 8 nitrogen and oxygen atoms in total. The maximum atomic E-state index is 12.5. The van der Waals surface area contributed by atoms with Gasteiger partial charge in [-0.2, -0.15) is 0 Å². The fraction of sp³-hybridized carbons (Fsp3) is 0.769. The minimum Gasteiger partial charge on any atom is -0.477 e. The van der Waals surface area contributed by atoms with E-state index in [1.807, 2.05) is 27.2 Å². The first-order valence-electron chi connectivity index (χ1n) is 18.5. The Balaban J connectivity index is 4.42. The lowest BCUT2D eigenvalue weighted by atomic mass is 10.1. The van der Waals surface area contributed by atoms with Crippen LogP contribution in [0.2, 0.25) is 0 Å². The van der Waals surface area contributed by atoms with E-state index in [1.54, 1.807) is 0 Å². The first kappa shape index (κ1) is 44.5. The molecule has 0 heterocycles. The topological polar surface area (TPSA) is 99.1 Å². The molecule has 2 atom stereocenters. The van der Waals surface area contributed by atoms with E-state index in [1.165, 1.54) is 57.8 Å². The first-order valence-corrected chi connectivity index (χ1v) is 18.5. The molecule has 47 heavy (non-hydrogen) atoms. The summed E-state index contributed by atoms with van der Waals surface area (Å²) in [5.41, 5.74) is 0. The number of rotatable bonds is 32. The molecule has 0 bridgehead atoms. The molecular weight excluding hydrogens is 594 g/mol. The first-order chi connectivity index (χ1) is 22.6. The Bertz CT molecular complexity index is 875. The normalized spacial score (nSPS) is 13.5. The highest BCUT2D eigenvalue weighted by atomic mass is 16.6. The van der Waals surface area contributed by atoms with Gasteiger partial charge < -0.3 is 23.8 Å². The number of nitrogens with zero attached hydrogens (tertiary/aromatic N) is 1. The zero-order valence-corrected chi connectivity index (χ0v) is 30.7. The van der Waals surface area contributed by atoms with Crippen molar-refractivity contribution >= 4 is 17.9 Å². The van der Waals surface area contributed by atoms with Crippen LogP contribution in [0.1, 0.15) is 142 Å². The molecule has 272 valence electrons. The summed E-state index contributed by atoms with van der Waals surface area (Å²) in [6, 6.07) is -0.621. The van der Waals surface area contributed by atoms with Gasteiger partial charge in [-0.25, -0.2) is 4.79 Å². The van der Waals surface area contributed by atoms with E-state index < -0.39 is 18.1 Å². The summed E-state index contributed by atoms with van der Waals surface area (Å²) in [6.07, 6.45) is 32.2. The molecule has 0 aliphatic rings. The molecule has 0 saturated carbocycles. The summed E-state index contributed by atoms with van der Waals surface area (Å²) < 4.78 is 17.0. The van der Waals surface area contributed by atoms with Crippen LogP contribution in [-0.2, 0) is 28.6 Å². The number of hydrogen-bond donors (Lipinski definition) is 1. The maximum Gasteiger partial charge on any atom is 0.362 e. The third kappa shape index (κ3) is 29.4. The summed E-state index contributed by atoms with van der Waals surface area (Å²) in [5, 5.41) is 9.55. The number of carboxylic acids is 1. The molecule has 1 N–H and O–H groups in total. The molecule has 0 aromatic heterocycles. The molecule has 0 aliphatic heterocycles. The van der Waals surface area contributed by atoms with Gasteiger partial charge in [0.05, 0.1) is 34.4 Å². The number of unbranched alkanes of at least 4 members (excludes halogenated alkanes) is 13. The number of allylic oxidation sites excluding steroid dienone is 6. The molecule has 0 aromatic rings. The van der Waals surface area contributed by atoms with Gasteiger partial charge in [0, 0.05) is 19.3 Å². The third-order valence-electron chi connectivity index (χ3n) is 8.05. The average Bonchev–Trinajstić information content (AvgIpc) is 3.01. The van der Waals surface area contributed by atoms with Gasteiger partial charge in [0.15, 0.2) is 12.1 Å². The smallest absolute Gasteiger partial charge is 0.362 e. The highest BCUT2D eigenvalue weighted by Crippen LogP contribution is 2.11. The van der Waals surface area contributed by atoms with Crippen molar-refractivity contribution < 1.29 is 38.2 Å². The Labute approximate surface area is 287 Å². The molecule has 2 unspecified atom stereocenters. The molecule has 0 amide bonds. The summed E-state index contributed by atoms with van der Waals surface area (Å²) >= 11 is 0. The molecule has 8 heteroatoms. The van der Waals surface area contributed by atoms with E-state index in [2.05, 4.69) is 44.2 Å². The van der Waals surface area contributed by atoms with Gasteiger partial charge in [-0.15, -0.1) is 0 Å². The van der Waals surface area contributed by atoms with Gasteiger partial charge in [-0.3, -0.25) is 9.59 Å². The second kappa shape index (κ2) is 30.9. The van der Waals surface area contributed by atoms with E-state index in [-0.39, 0.29) is 42.7 Å². The van der Waals surface area contributed by atoms with Gasteiger partial charge in [-0.1, -0.05) is 108 Å². The van der Waals surface area contributed by atoms with E-state index in [9.17, 15) is 19.5 Å². The molecule has 0 radical (unpaired) electrons. The van der Waals surface area contributed by atoms with E-state index in [4.69, 9.17) is 14.2 Å². The minimum atomic E-state index is -0.886. The zero-order valence-electron chi connectivity index (χ0n) is 30.7. The lowest BCUT2D eigenvalue weighted by Crippen LogP contribution is -2.50. The van der Waals surface area contributed by atoms with Crippen LogP contribution in [0.25, 0.3) is 0 Å². The predicted octanol–water partition coefficient (Wildman–Crippen LogP) is 9.13. The largest absolute Gasteiger partial charge is 0.477 e. The second-order valence-electron chi connectivity index (χ2n) is 13.5. The number of quaternary nitrogens is 1. The number of carbonyl (C=O) groups excluding carboxylic acids is 2. The average molecular weight is 665 g/mol. The standard InChI is InChI=1S/C39H69NO7/c1-6-8-10-12-14-15-16-17-18-19-20-21-22-24-25-27-29-37(41)46-34-35(33-45-32-31-36(39(43)44)40(3,4)5)47-38(42)30-28-26-23-13-11-9-7-2/h18-21,23,26,35-36H,6-17,22,24-25,27-34H2,1-5H3/p+1/b19-18+,21-20+,26-23+. The Morgan fingerprint density at radius 3 is 1.79 bits per heavy atom. The quantitative estimate of drug-likeness (QED) is 0.0252. The van der Waals surface area contributed by atoms with Crippen LogP contribution in [0.3, 0.4) is 0 Å². The van der Waals surface area contributed by atoms with Gasteiger partial charge in [0.2, 0.25) is 0 Å². The predicted molar refractivity (Wildman–Crippen MR) is 192 cm³/mol. The lowest BCUT2D eigenvalue weighted by Gasteiger charge is -2.31. The Hall–Kier alpha value is -2.45. The van der Waals surface area contributed by atoms with Crippen molar-refractivity contribution in [1.29, 1.82) is 0 Å². The number of carboxylic acid groups (broad SMARTS) is 1. The monoisotopic (exact) mass is 665 g/mol. The number of esters is 2. The highest BCUT2D eigenvalue weighted by Gasteiger charge is 2.31. The van der Waals surface area contributed by atoms with Crippen molar-refractivity contribution in [2.45, 2.75) is 154 Å². The van der Waals surface area contributed by atoms with Crippen molar-refractivity contribution in [3.05, 3.63) is 36.5 Å². The second-order valence-corrected chi connectivity index (χ2v) is 13.5. The highest BCUT2D eigenvalue weighted by molar-refractivity contribution is 5.72. The molecular formula is C39H70NO7+. The van der Waals surface area contributed by atoms with Crippen molar-refractivity contribution in [3.63, 3.8) is 0 Å². The van der Waals surface area contributed by atoms with E-state index in [0.717, 1.165) is 44.9 Å². The minimum absolute atomic E-state index is 0.0369. The van der Waals surface area contributed by atoms with Gasteiger partial charge in [0.25, 0.3) is 0 Å². The Morgan fingerprint density at radius 1 is 0.638 bits per heavy atom. The molecule has 0 rings (SSSR count). The third-order valence-corrected chi connectivity index (χ3v) is 8.05. The van der Waals surface area contributed by atoms with Crippen LogP contribution < -0.4 is 0 Å². The van der Waals surface area contributed by atoms with Crippen LogP contribution in [0, 0.1) is 0 Å². The van der Waals surface area contributed by atoms with Crippen LogP contribution in [0.15, 0.2) is 36.5 Å². The maximum absolute atomic E-state index is 12.5. The molecule has 0 saturated heterocycles. The van der Waals surface area contributed by atoms with Crippen LogP contribution >= 0.6 is 0 Å². The summed E-state index contributed by atoms with van der Waals surface area (Å²) in [5.74, 6) is -1.58. The van der Waals surface area contributed by atoms with Gasteiger partial charge >= 0.3 is 17.9 Å². The lowest BCUT2D eigenvalue weighted by molar-refractivity contribution is -0.887. The summed E-state index contributed by atoms with van der Waals surface area (Å²) in [4.78, 5) is 36.5. The van der Waals surface area contributed by atoms with Crippen LogP contribution in [0.5, 0.6) is 0 Å². The Kier molecular flexibility index (Phi) is 29.2. The van der Waals surface area contributed by atoms with E-state index >= 15 is 0 Å². The zero-order chi connectivity index (χ0) is 35.0. The molecule has 0 aromatic carbocycles. The summed E-state index contributed by atoms with van der Waals surface area (Å²) in [6.45, 7) is 4.57. The SMILES string of the molecule is CCCCC/C=C/CCC(=O)OC(COCCC(C(=O)O)[N+](C)(C)C)COC(=O)CCCCC/C=C/C=C/CCCCCCCCC. The number of likely N-dealkylation sites (N-methyl/N-ethyl adjacent to an activating group) is 1. The van der Waals surface area contributed by atoms with Crippen LogP contribution in [0.4, 0.5) is 0 Å². The number of hydrogen-bond acceptors (Lipinski definition) is 6. The van der Waals surface area contributed by atoms with Crippen LogP contribution in [-0.4, -0.2) is 80.6 Å². The van der Waals surface area contributed by atoms with E-state index in [0.29, 0.717) is 19.3 Å². The fourth-order valence-electron chi connectivity index (χ4n) is 5.10. The van der Waals surface area contributed by atoms with Crippen molar-refractivity contribution in [1.82, 2.24) is 0 Å². The van der Waals surface area contributed by atoms with Crippen molar-refractivity contribution in [3.8, 4) is 0 Å². The van der Waals surface area contributed by atoms with Crippen molar-refractivity contribution in [2.75, 3.05) is 41.0 Å². The van der Waals surface area contributed by atoms with Crippen molar-refractivity contribution in [2.24, 2.45) is 0 Å². The molecule has 0 aliphatic carbocycles. The fourth-order valence-corrected chi connectivity index (χ4v) is 5.10. The number of carbonyl (C=O) groups is 3. The number of aliphatic carboxylic acids is 1. The number of ether oxygens (including phenoxy) is 3. The Morgan fingerprint density at radius 2 is 1.17 bits per heavy atom.